The molecule has 6 aromatic rings. The number of amides is 13. The van der Waals surface area contributed by atoms with Crippen LogP contribution in [0.5, 0.6) is 5.75 Å². The number of nitrogens with one attached hydrogen (secondary N) is 15. The first kappa shape index (κ1) is 94.0. The predicted octanol–water partition coefficient (Wildman–Crippen LogP) is -1.28. The molecule has 37 heteroatoms. The van der Waals surface area contributed by atoms with Crippen LogP contribution in [0.3, 0.4) is 0 Å². The minimum Gasteiger partial charge on any atom is -0.508 e. The molecule has 13 amide bonds. The molecule has 3 heterocycles. The van der Waals surface area contributed by atoms with Gasteiger partial charge in [-0.15, -0.1) is 0 Å². The molecule has 0 unspecified atom stereocenters. The van der Waals surface area contributed by atoms with Crippen molar-refractivity contribution in [3.05, 3.63) is 173 Å². The van der Waals surface area contributed by atoms with Crippen LogP contribution in [0.25, 0.3) is 10.9 Å². The summed E-state index contributed by atoms with van der Waals surface area (Å²) in [6, 6.07) is 16.5. The van der Waals surface area contributed by atoms with E-state index in [2.05, 4.69) is 79.4 Å². The maximum Gasteiger partial charge on any atom is 0.327 e. The van der Waals surface area contributed by atoms with Gasteiger partial charge in [0.05, 0.1) is 18.8 Å². The van der Waals surface area contributed by atoms with Gasteiger partial charge in [0.15, 0.2) is 0 Å². The molecule has 0 saturated carbocycles. The van der Waals surface area contributed by atoms with Gasteiger partial charge in [0.25, 0.3) is 0 Å². The van der Waals surface area contributed by atoms with Crippen LogP contribution in [0.15, 0.2) is 140 Å². The smallest absolute Gasteiger partial charge is 0.327 e. The molecule has 1 aromatic heterocycles. The van der Waals surface area contributed by atoms with Gasteiger partial charge < -0.3 is 111 Å². The quantitative estimate of drug-likeness (QED) is 0.0278. The number of phenols is 1. The van der Waals surface area contributed by atoms with Crippen LogP contribution in [0.2, 0.25) is 0 Å². The molecule has 2 saturated heterocycles. The number of phenolic OH excluding ortho intramolecular Hbond substituents is 1. The Labute approximate surface area is 702 Å². The van der Waals surface area contributed by atoms with Crippen LogP contribution >= 0.6 is 21.6 Å². The van der Waals surface area contributed by atoms with Crippen molar-refractivity contribution in [1.29, 1.82) is 0 Å². The molecule has 0 aliphatic carbocycles. The first-order chi connectivity index (χ1) is 57.5. The molecule has 2 aliphatic rings. The molecule has 35 nitrogen and oxygen atoms in total. The number of aliphatic hydroxyl groups is 2. The molecular weight excluding hydrogens is 1590 g/mol. The largest absolute Gasteiger partial charge is 0.508 e. The van der Waals surface area contributed by atoms with Crippen LogP contribution in [0.1, 0.15) is 106 Å². The number of unbranched alkanes of at least 4 members (excludes halogenated alkanes) is 1. The van der Waals surface area contributed by atoms with Crippen LogP contribution in [0.4, 0.5) is 0 Å². The molecule has 2 bridgehead atoms. The number of carbonyl (C=O) groups excluding carboxylic acids is 13. The van der Waals surface area contributed by atoms with Crippen molar-refractivity contribution in [2.24, 2.45) is 11.5 Å². The minimum atomic E-state index is -1.92. The Morgan fingerprint density at radius 3 is 1.60 bits per heavy atom. The van der Waals surface area contributed by atoms with E-state index in [4.69, 9.17) is 11.5 Å². The second kappa shape index (κ2) is 47.9. The maximum absolute atomic E-state index is 15.7. The monoisotopic (exact) mass is 1700 g/mol. The van der Waals surface area contributed by atoms with Crippen molar-refractivity contribution >= 4 is 115 Å². The SMILES string of the molecule is CC(C)NCc1ccc(C[C@@H]2NC(=O)[C@@H](Cc3c[nH]c4ccccc34)NC(=O)[C@@H]3CCC(=O)NCCC(=O)NCCC[C@H](NC(=O)[C@H](Cc4ccccc4)NC(=O)[C@H]([C@@H](C)O)NC2=O)C(=O)N[C@@H](CO)C(=O)N[C@H](C(=O)O)CSSC[C@H](NC(=O)[C@@H](N)Cc2ccc(O)cc2)C(=O)N[C@@H](CCCCN)C(=O)N[C@@H](Cc2ccccc2)C(=O)N3)cc1. The third-order valence-electron chi connectivity index (χ3n) is 20.0. The van der Waals surface area contributed by atoms with Crippen molar-refractivity contribution in [2.75, 3.05) is 37.7 Å². The fourth-order valence-electron chi connectivity index (χ4n) is 13.1. The molecule has 23 N–H and O–H groups in total. The topological polar surface area (TPSA) is 556 Å². The Kier molecular flexibility index (Phi) is 37.6. The van der Waals surface area contributed by atoms with E-state index >= 15 is 28.8 Å². The highest BCUT2D eigenvalue weighted by atomic mass is 33.1. The summed E-state index contributed by atoms with van der Waals surface area (Å²) in [5.74, 6) is -15.3. The summed E-state index contributed by atoms with van der Waals surface area (Å²) in [5.41, 5.74) is 16.3. The third-order valence-corrected chi connectivity index (χ3v) is 22.4. The van der Waals surface area contributed by atoms with E-state index in [-0.39, 0.29) is 101 Å². The van der Waals surface area contributed by atoms with Gasteiger partial charge in [-0.3, -0.25) is 62.3 Å². The lowest BCUT2D eigenvalue weighted by molar-refractivity contribution is -0.142. The van der Waals surface area contributed by atoms with Crippen molar-refractivity contribution in [3.8, 4) is 5.75 Å². The number of carboxylic acid groups (broad SMARTS) is 1. The highest BCUT2D eigenvalue weighted by Crippen LogP contribution is 2.25. The van der Waals surface area contributed by atoms with Gasteiger partial charge in [0.2, 0.25) is 76.8 Å². The second-order valence-corrected chi connectivity index (χ2v) is 32.4. The Morgan fingerprint density at radius 1 is 0.508 bits per heavy atom. The summed E-state index contributed by atoms with van der Waals surface area (Å²) >= 11 is 0. The average Bonchev–Trinajstić information content (AvgIpc) is 1.61. The fraction of sp³-hybridized carbons (Fsp3) is 0.446. The number of aliphatic carboxylic acids is 1. The Bertz CT molecular complexity index is 4470. The molecule has 2 fully saturated rings. The van der Waals surface area contributed by atoms with Gasteiger partial charge in [-0.25, -0.2) is 4.79 Å². The zero-order valence-corrected chi connectivity index (χ0v) is 68.6. The van der Waals surface area contributed by atoms with Gasteiger partial charge >= 0.3 is 5.97 Å². The summed E-state index contributed by atoms with van der Waals surface area (Å²) < 4.78 is 0. The Morgan fingerprint density at radius 2 is 1.00 bits per heavy atom. The Balaban J connectivity index is 1.26. The van der Waals surface area contributed by atoms with E-state index in [0.29, 0.717) is 51.7 Å². The Hall–Kier alpha value is -11.5. The number of para-hydroxylation sites is 1. The van der Waals surface area contributed by atoms with Gasteiger partial charge in [-0.05, 0) is 110 Å². The van der Waals surface area contributed by atoms with Crippen LogP contribution in [-0.4, -0.2) is 231 Å². The van der Waals surface area contributed by atoms with E-state index in [9.17, 15) is 58.8 Å². The van der Waals surface area contributed by atoms with Crippen molar-refractivity contribution < 1.29 is 87.5 Å². The van der Waals surface area contributed by atoms with Gasteiger partial charge in [-0.2, -0.15) is 0 Å². The number of hydrogen-bond acceptors (Lipinski definition) is 22. The molecule has 13 atom stereocenters. The van der Waals surface area contributed by atoms with Crippen molar-refractivity contribution in [1.82, 2.24) is 79.4 Å². The van der Waals surface area contributed by atoms with Crippen molar-refractivity contribution in [2.45, 2.75) is 195 Å². The van der Waals surface area contributed by atoms with E-state index in [1.807, 2.05) is 13.8 Å². The van der Waals surface area contributed by atoms with Crippen LogP contribution in [0, 0.1) is 0 Å². The van der Waals surface area contributed by atoms with Crippen molar-refractivity contribution in [3.63, 3.8) is 0 Å². The number of aromatic hydroxyl groups is 1. The normalized spacial score (nSPS) is 23.4. The molecule has 646 valence electrons. The van der Waals surface area contributed by atoms with E-state index in [1.54, 1.807) is 115 Å². The van der Waals surface area contributed by atoms with E-state index < -0.39 is 187 Å². The number of aromatic amines is 1. The summed E-state index contributed by atoms with van der Waals surface area (Å²) in [5, 5.41) is 80.9. The molecular formula is C83H109N17O18S2. The van der Waals surface area contributed by atoms with Gasteiger partial charge in [-0.1, -0.05) is 151 Å². The van der Waals surface area contributed by atoms with Gasteiger partial charge in [0, 0.05) is 92.8 Å². The number of fused-ring (bicyclic) bond motifs is 13. The molecule has 120 heavy (non-hydrogen) atoms. The number of rotatable bonds is 22. The standard InChI is InChI=1S/C83H109N17O18S2/c1-47(2)88-42-53-25-23-52(24-26-53)40-64-79(113)100-71(48(3)102)82(116)96-63(39-50-17-8-5-9-18-50)77(111)90-60-22-14-35-86-70(105)33-36-87-69(104)32-31-61(75(109)95-65(78(112)94-64)41-54-43-89-58-20-11-10-19-56(54)58)92-76(110)62(38-49-15-6-4-7-16-49)93-73(107)59(21-12-13-34-84)91-81(115)67(98-72(106)57(85)37-51-27-29-55(103)30-28-51)45-119-120-46-68(83(117)118)99-80(114)66(44-101)97-74(60)108/h4-11,15-20,23-30,43,47-48,57,59-68,71,88-89,101-103H,12-14,21-22,31-42,44-46,84-85H2,1-3H3,(H,86,105)(H,87,104)(H,90,111)(H,91,115)(H,92,110)(H,93,107)(H,94,112)(H,95,109)(H,96,116)(H,97,108)(H,98,106)(H,99,114)(H,100,113)(H,117,118)/t48-,57+,59+,60+,61+,62+,63+,64+,65-,66+,67+,68+,71+/m1/s1. The number of benzene rings is 5. The van der Waals surface area contributed by atoms with E-state index in [0.717, 1.165) is 27.2 Å². The number of hydrogen-bond donors (Lipinski definition) is 21. The molecule has 0 spiro atoms. The predicted molar refractivity (Wildman–Crippen MR) is 449 cm³/mol. The van der Waals surface area contributed by atoms with E-state index in [1.165, 1.54) is 31.2 Å². The van der Waals surface area contributed by atoms with Gasteiger partial charge in [0.1, 0.15) is 72.2 Å². The maximum atomic E-state index is 15.7. The molecule has 5 aromatic carbocycles. The zero-order chi connectivity index (χ0) is 86.8. The lowest BCUT2D eigenvalue weighted by Crippen LogP contribution is -2.63. The molecule has 8 rings (SSSR count). The zero-order valence-electron chi connectivity index (χ0n) is 67.0. The van der Waals surface area contributed by atoms with Crippen LogP contribution in [-0.2, 0) is 106 Å². The highest BCUT2D eigenvalue weighted by molar-refractivity contribution is 8.76. The highest BCUT2D eigenvalue weighted by Gasteiger charge is 2.39. The number of nitrogens with two attached hydrogens (primary N) is 2. The number of carboxylic acids is 1. The molecule has 0 radical (unpaired) electrons. The fourth-order valence-corrected chi connectivity index (χ4v) is 15.5. The van der Waals surface area contributed by atoms with Crippen LogP contribution < -0.4 is 85.9 Å². The second-order valence-electron chi connectivity index (χ2n) is 29.8. The summed E-state index contributed by atoms with van der Waals surface area (Å²) in [6.07, 6.45) is -2.85. The number of carbonyl (C=O) groups is 14. The minimum absolute atomic E-state index is 0.0609. The lowest BCUT2D eigenvalue weighted by atomic mass is 9.99. The lowest BCUT2D eigenvalue weighted by Gasteiger charge is -2.29. The first-order valence-electron chi connectivity index (χ1n) is 39.9. The number of aliphatic hydroxyl groups excluding tert-OH is 2. The number of H-pyrrole nitrogens is 1. The first-order valence-corrected chi connectivity index (χ1v) is 42.3. The average molecular weight is 1700 g/mol. The third kappa shape index (κ3) is 30.4. The summed E-state index contributed by atoms with van der Waals surface area (Å²) in [7, 11) is 1.65. The summed E-state index contributed by atoms with van der Waals surface area (Å²) in [4.78, 5) is 209. The number of aromatic nitrogens is 1. The summed E-state index contributed by atoms with van der Waals surface area (Å²) in [6.45, 7) is 4.11. The molecule has 2 aliphatic heterocycles.